The Bertz CT molecular complexity index is 598. The molecule has 0 atom stereocenters. The maximum atomic E-state index is 12.5. The highest BCUT2D eigenvalue weighted by atomic mass is 19.1. The zero-order valence-electron chi connectivity index (χ0n) is 10.1. The molecule has 0 bridgehead atoms. The Morgan fingerprint density at radius 1 is 1.05 bits per heavy atom. The lowest BCUT2D eigenvalue weighted by atomic mass is 10.2. The third-order valence-electron chi connectivity index (χ3n) is 2.14. The molecule has 2 rings (SSSR count). The Hall–Kier alpha value is -2.83. The molecule has 0 spiro atoms. The van der Waals surface area contributed by atoms with E-state index in [-0.39, 0.29) is 0 Å². The van der Waals surface area contributed by atoms with Crippen LogP contribution in [0.15, 0.2) is 42.7 Å². The molecule has 0 saturated heterocycles. The van der Waals surface area contributed by atoms with E-state index in [4.69, 9.17) is 10.8 Å². The molecule has 1 aromatic carbocycles. The monoisotopic (exact) mass is 280 g/mol. The Balaban J connectivity index is 0.000000204. The third kappa shape index (κ3) is 4.13. The molecule has 1 amide bonds. The van der Waals surface area contributed by atoms with Gasteiger partial charge in [0.2, 0.25) is 5.91 Å². The van der Waals surface area contributed by atoms with Crippen LogP contribution in [-0.2, 0) is 0 Å². The SMILES string of the molecule is NC(=O)c1ccncc1.O=C(O)c1c(F)cccc1F. The van der Waals surface area contributed by atoms with Crippen molar-refractivity contribution in [2.24, 2.45) is 5.73 Å². The number of carbonyl (C=O) groups is 2. The minimum absolute atomic E-state index is 0.419. The van der Waals surface area contributed by atoms with Gasteiger partial charge in [-0.3, -0.25) is 9.78 Å². The predicted molar refractivity (Wildman–Crippen MR) is 66.1 cm³/mol. The molecule has 0 radical (unpaired) electrons. The van der Waals surface area contributed by atoms with Crippen LogP contribution in [0.4, 0.5) is 8.78 Å². The van der Waals surface area contributed by atoms with Gasteiger partial charge in [0.15, 0.2) is 0 Å². The highest BCUT2D eigenvalue weighted by molar-refractivity contribution is 5.92. The van der Waals surface area contributed by atoms with Crippen LogP contribution >= 0.6 is 0 Å². The lowest BCUT2D eigenvalue weighted by Crippen LogP contribution is -2.10. The fourth-order valence-electron chi connectivity index (χ4n) is 1.22. The minimum Gasteiger partial charge on any atom is -0.477 e. The van der Waals surface area contributed by atoms with Gasteiger partial charge in [0.05, 0.1) is 0 Å². The van der Waals surface area contributed by atoms with Gasteiger partial charge < -0.3 is 10.8 Å². The number of pyridine rings is 1. The first-order valence-corrected chi connectivity index (χ1v) is 5.30. The summed E-state index contributed by atoms with van der Waals surface area (Å²) in [6, 6.07) is 6.04. The normalized spacial score (nSPS) is 9.30. The summed E-state index contributed by atoms with van der Waals surface area (Å²) in [6.45, 7) is 0. The maximum Gasteiger partial charge on any atom is 0.341 e. The molecule has 3 N–H and O–H groups in total. The van der Waals surface area contributed by atoms with Gasteiger partial charge in [0.1, 0.15) is 17.2 Å². The van der Waals surface area contributed by atoms with Crippen LogP contribution in [0.3, 0.4) is 0 Å². The van der Waals surface area contributed by atoms with E-state index in [2.05, 4.69) is 4.98 Å². The highest BCUT2D eigenvalue weighted by Crippen LogP contribution is 2.10. The van der Waals surface area contributed by atoms with E-state index in [0.29, 0.717) is 5.56 Å². The second-order valence-corrected chi connectivity index (χ2v) is 3.50. The number of hydrogen-bond donors (Lipinski definition) is 2. The first-order chi connectivity index (χ1) is 9.43. The number of aromatic nitrogens is 1. The number of carboxylic acids is 1. The Morgan fingerprint density at radius 2 is 1.55 bits per heavy atom. The van der Waals surface area contributed by atoms with E-state index in [1.54, 1.807) is 12.1 Å². The molecule has 0 saturated carbocycles. The second-order valence-electron chi connectivity index (χ2n) is 3.50. The summed E-state index contributed by atoms with van der Waals surface area (Å²) < 4.78 is 25.0. The number of primary amides is 1. The molecule has 0 fully saturated rings. The molecule has 7 heteroatoms. The Labute approximate surface area is 112 Å². The van der Waals surface area contributed by atoms with Crippen molar-refractivity contribution in [3.8, 4) is 0 Å². The van der Waals surface area contributed by atoms with E-state index in [9.17, 15) is 18.4 Å². The fraction of sp³-hybridized carbons (Fsp3) is 0. The average molecular weight is 280 g/mol. The third-order valence-corrected chi connectivity index (χ3v) is 2.14. The number of benzene rings is 1. The van der Waals surface area contributed by atoms with Crippen molar-refractivity contribution < 1.29 is 23.5 Å². The highest BCUT2D eigenvalue weighted by Gasteiger charge is 2.14. The smallest absolute Gasteiger partial charge is 0.341 e. The number of nitrogens with two attached hydrogens (primary N) is 1. The van der Waals surface area contributed by atoms with Crippen LogP contribution in [0.5, 0.6) is 0 Å². The van der Waals surface area contributed by atoms with Gasteiger partial charge in [-0.25, -0.2) is 13.6 Å². The molecule has 0 unspecified atom stereocenters. The number of halogens is 2. The molecule has 0 aliphatic rings. The van der Waals surface area contributed by atoms with Crippen LogP contribution in [-0.4, -0.2) is 22.0 Å². The summed E-state index contributed by atoms with van der Waals surface area (Å²) in [5.74, 6) is -4.13. The van der Waals surface area contributed by atoms with Crippen molar-refractivity contribution in [3.05, 3.63) is 65.5 Å². The molecule has 2 aromatic rings. The van der Waals surface area contributed by atoms with E-state index < -0.39 is 29.1 Å². The summed E-state index contributed by atoms with van der Waals surface area (Å²) >= 11 is 0. The van der Waals surface area contributed by atoms with Crippen LogP contribution in [0.1, 0.15) is 20.7 Å². The predicted octanol–water partition coefficient (Wildman–Crippen LogP) is 1.84. The van der Waals surface area contributed by atoms with Gasteiger partial charge in [-0.15, -0.1) is 0 Å². The minimum atomic E-state index is -1.60. The summed E-state index contributed by atoms with van der Waals surface area (Å²) in [7, 11) is 0. The first-order valence-electron chi connectivity index (χ1n) is 5.30. The van der Waals surface area contributed by atoms with E-state index in [1.165, 1.54) is 12.4 Å². The molecule has 104 valence electrons. The van der Waals surface area contributed by atoms with Gasteiger partial charge in [0.25, 0.3) is 0 Å². The number of rotatable bonds is 2. The van der Waals surface area contributed by atoms with Crippen LogP contribution in [0.2, 0.25) is 0 Å². The molecular weight excluding hydrogens is 270 g/mol. The van der Waals surface area contributed by atoms with Crippen LogP contribution in [0.25, 0.3) is 0 Å². The van der Waals surface area contributed by atoms with Crippen molar-refractivity contribution in [2.75, 3.05) is 0 Å². The van der Waals surface area contributed by atoms with Crippen molar-refractivity contribution in [3.63, 3.8) is 0 Å². The number of aromatic carboxylic acids is 1. The van der Waals surface area contributed by atoms with Gasteiger partial charge in [-0.2, -0.15) is 0 Å². The summed E-state index contributed by atoms with van der Waals surface area (Å²) in [6.07, 6.45) is 3.06. The second kappa shape index (κ2) is 6.93. The quantitative estimate of drug-likeness (QED) is 0.877. The topological polar surface area (TPSA) is 93.3 Å². The van der Waals surface area contributed by atoms with Crippen LogP contribution in [0, 0.1) is 11.6 Å². The Kier molecular flexibility index (Phi) is 5.28. The Morgan fingerprint density at radius 3 is 1.85 bits per heavy atom. The standard InChI is InChI=1S/C7H4F2O2.C6H6N2O/c8-4-2-1-3-5(9)6(4)7(10)11;7-6(9)5-1-3-8-4-2-5/h1-3H,(H,10,11);1-4H,(H2,7,9). The largest absolute Gasteiger partial charge is 0.477 e. The number of nitrogens with zero attached hydrogens (tertiary/aromatic N) is 1. The van der Waals surface area contributed by atoms with Gasteiger partial charge in [-0.1, -0.05) is 6.07 Å². The van der Waals surface area contributed by atoms with Crippen molar-refractivity contribution >= 4 is 11.9 Å². The number of carbonyl (C=O) groups excluding carboxylic acids is 1. The molecule has 1 aromatic heterocycles. The molecule has 1 heterocycles. The average Bonchev–Trinajstić information content (AvgIpc) is 2.40. The summed E-state index contributed by atoms with van der Waals surface area (Å²) in [5.41, 5.74) is 4.53. The van der Waals surface area contributed by atoms with E-state index in [1.807, 2.05) is 0 Å². The van der Waals surface area contributed by atoms with Crippen molar-refractivity contribution in [1.82, 2.24) is 4.98 Å². The lowest BCUT2D eigenvalue weighted by molar-refractivity contribution is 0.0686. The molecule has 5 nitrogen and oxygen atoms in total. The molecule has 20 heavy (non-hydrogen) atoms. The van der Waals surface area contributed by atoms with Crippen molar-refractivity contribution in [2.45, 2.75) is 0 Å². The number of carboxylic acid groups (broad SMARTS) is 1. The van der Waals surface area contributed by atoms with Crippen molar-refractivity contribution in [1.29, 1.82) is 0 Å². The summed E-state index contributed by atoms with van der Waals surface area (Å²) in [5, 5.41) is 8.27. The summed E-state index contributed by atoms with van der Waals surface area (Å²) in [4.78, 5) is 24.3. The first kappa shape index (κ1) is 15.2. The lowest BCUT2D eigenvalue weighted by Gasteiger charge is -1.96. The van der Waals surface area contributed by atoms with Gasteiger partial charge in [-0.05, 0) is 24.3 Å². The van der Waals surface area contributed by atoms with Crippen LogP contribution < -0.4 is 5.73 Å². The van der Waals surface area contributed by atoms with Gasteiger partial charge in [0, 0.05) is 18.0 Å². The number of hydrogen-bond acceptors (Lipinski definition) is 3. The maximum absolute atomic E-state index is 12.5. The van der Waals surface area contributed by atoms with E-state index >= 15 is 0 Å². The number of amides is 1. The van der Waals surface area contributed by atoms with E-state index in [0.717, 1.165) is 18.2 Å². The fourth-order valence-corrected chi connectivity index (χ4v) is 1.22. The van der Waals surface area contributed by atoms with Gasteiger partial charge >= 0.3 is 5.97 Å². The zero-order chi connectivity index (χ0) is 15.1. The molecular formula is C13H10F2N2O3. The molecule has 0 aliphatic carbocycles. The zero-order valence-corrected chi connectivity index (χ0v) is 10.1. The molecule has 0 aliphatic heterocycles.